The third-order valence-corrected chi connectivity index (χ3v) is 10.2. The number of benzene rings is 4. The number of unbranched alkanes of at least 4 members (excludes halogenated alkanes) is 2. The maximum Gasteiger partial charge on any atom is 0.237 e. The van der Waals surface area contributed by atoms with E-state index in [1.54, 1.807) is 0 Å². The summed E-state index contributed by atoms with van der Waals surface area (Å²) in [4.78, 5) is 14.1. The predicted molar refractivity (Wildman–Crippen MR) is 148 cm³/mol. The average Bonchev–Trinajstić information content (AvgIpc) is 2.91. The van der Waals surface area contributed by atoms with Crippen molar-refractivity contribution in [1.29, 1.82) is 0 Å². The Kier molecular flexibility index (Phi) is 7.98. The number of hydrogen-bond acceptors (Lipinski definition) is 1. The van der Waals surface area contributed by atoms with Crippen LogP contribution in [-0.4, -0.2) is 11.1 Å². The van der Waals surface area contributed by atoms with Crippen molar-refractivity contribution in [2.45, 2.75) is 26.2 Å². The van der Waals surface area contributed by atoms with Gasteiger partial charge in [-0.05, 0) is 40.7 Å². The van der Waals surface area contributed by atoms with Crippen LogP contribution in [0.1, 0.15) is 31.7 Å². The molecule has 4 aromatic carbocycles. The molecule has 0 atom stereocenters. The maximum atomic E-state index is 14.1. The monoisotopic (exact) mass is 460 g/mol. The van der Waals surface area contributed by atoms with E-state index in [9.17, 15) is 4.79 Å². The first kappa shape index (κ1) is 23.6. The van der Waals surface area contributed by atoms with Crippen LogP contribution in [0.25, 0.3) is 0 Å². The molecule has 0 N–H and O–H groups in total. The summed E-state index contributed by atoms with van der Waals surface area (Å²) < 4.78 is 0. The van der Waals surface area contributed by atoms with E-state index in [-0.39, 0.29) is 5.78 Å². The molecule has 1 nitrogen and oxygen atoms in total. The van der Waals surface area contributed by atoms with Gasteiger partial charge in [-0.1, -0.05) is 141 Å². The Morgan fingerprint density at radius 2 is 1.06 bits per heavy atom. The summed E-state index contributed by atoms with van der Waals surface area (Å²) in [6.45, 7) is -0.392. The maximum absolute atomic E-state index is 14.1. The molecular weight excluding hydrogens is 431 g/mol. The molecule has 4 aromatic rings. The van der Waals surface area contributed by atoms with Gasteiger partial charge in [0.1, 0.15) is 0 Å². The van der Waals surface area contributed by atoms with Gasteiger partial charge in [0.15, 0.2) is 0 Å². The fourth-order valence-corrected chi connectivity index (χ4v) is 8.75. The van der Waals surface area contributed by atoms with Crippen molar-refractivity contribution < 1.29 is 4.79 Å². The molecule has 0 aliphatic carbocycles. The third-order valence-electron chi connectivity index (χ3n) is 5.89. The smallest absolute Gasteiger partial charge is 0.237 e. The van der Waals surface area contributed by atoms with Gasteiger partial charge >= 0.3 is 0 Å². The lowest BCUT2D eigenvalue weighted by Gasteiger charge is -2.32. The normalized spacial score (nSPS) is 10.7. The Balaban J connectivity index is 2.21. The van der Waals surface area contributed by atoms with E-state index in [1.807, 2.05) is 48.5 Å². The molecule has 0 bridgehead atoms. The summed E-state index contributed by atoms with van der Waals surface area (Å²) in [6.07, 6.45) is 2.79. The molecule has 0 aromatic heterocycles. The highest BCUT2D eigenvalue weighted by Crippen LogP contribution is 2.47. The highest BCUT2D eigenvalue weighted by Gasteiger charge is 2.33. The van der Waals surface area contributed by atoms with Crippen molar-refractivity contribution in [3.63, 3.8) is 0 Å². The van der Waals surface area contributed by atoms with Gasteiger partial charge < -0.3 is 0 Å². The molecule has 0 fully saturated rings. The zero-order valence-corrected chi connectivity index (χ0v) is 20.4. The molecule has 2 heteroatoms. The predicted octanol–water partition coefficient (Wildman–Crippen LogP) is 5.96. The first-order valence-corrected chi connectivity index (χ1v) is 13.6. The molecule has 0 amide bonds. The summed E-state index contributed by atoms with van der Waals surface area (Å²) in [5, 5.41) is 4.24. The van der Waals surface area contributed by atoms with Crippen molar-refractivity contribution in [3.8, 4) is 11.8 Å². The van der Waals surface area contributed by atoms with Crippen LogP contribution in [0, 0.1) is 11.8 Å². The Labute approximate surface area is 203 Å². The molecule has 34 heavy (non-hydrogen) atoms. The number of rotatable bonds is 7. The summed E-state index contributed by atoms with van der Waals surface area (Å²) in [5.74, 6) is 6.10. The standard InChI is InChI=1S/C32H29OP/c1-2-3-4-17-26-31(33)32(27-18-9-5-10-19-27)34(28-20-11-6-12-21-28,29-22-13-7-14-23-29)30-24-15-8-16-25-30/h5-16,18-25H,2-4H2,1H3. The van der Waals surface area contributed by atoms with Crippen molar-refractivity contribution >= 4 is 33.9 Å². The molecule has 0 unspecified atom stereocenters. The van der Waals surface area contributed by atoms with E-state index >= 15 is 0 Å². The van der Waals surface area contributed by atoms with E-state index in [4.69, 9.17) is 0 Å². The second-order valence-electron chi connectivity index (χ2n) is 8.13. The van der Waals surface area contributed by atoms with Crippen LogP contribution in [0.2, 0.25) is 0 Å². The minimum atomic E-state index is -2.53. The van der Waals surface area contributed by atoms with Crippen LogP contribution in [0.3, 0.4) is 0 Å². The topological polar surface area (TPSA) is 17.1 Å². The van der Waals surface area contributed by atoms with E-state index in [0.717, 1.165) is 46.0 Å². The van der Waals surface area contributed by atoms with Crippen LogP contribution in [-0.2, 0) is 4.79 Å². The third kappa shape index (κ3) is 4.84. The van der Waals surface area contributed by atoms with E-state index in [0.29, 0.717) is 0 Å². The van der Waals surface area contributed by atoms with Gasteiger partial charge in [0.05, 0.1) is 0 Å². The van der Waals surface area contributed by atoms with Gasteiger partial charge in [-0.3, -0.25) is 4.79 Å². The lowest BCUT2D eigenvalue weighted by Crippen LogP contribution is -2.33. The van der Waals surface area contributed by atoms with Crippen molar-refractivity contribution in [2.75, 3.05) is 0 Å². The van der Waals surface area contributed by atoms with Crippen LogP contribution < -0.4 is 15.9 Å². The zero-order chi connectivity index (χ0) is 23.6. The average molecular weight is 461 g/mol. The van der Waals surface area contributed by atoms with Gasteiger partial charge in [-0.15, -0.1) is 0 Å². The quantitative estimate of drug-likeness (QED) is 0.144. The van der Waals surface area contributed by atoms with Gasteiger partial charge in [0, 0.05) is 11.7 Å². The molecule has 0 aliphatic rings. The van der Waals surface area contributed by atoms with Gasteiger partial charge in [0.2, 0.25) is 5.78 Å². The van der Waals surface area contributed by atoms with Crippen LogP contribution in [0.4, 0.5) is 0 Å². The number of hydrogen-bond donors (Lipinski definition) is 0. The number of ketones is 1. The summed E-state index contributed by atoms with van der Waals surface area (Å²) in [6, 6.07) is 41.5. The largest absolute Gasteiger partial charge is 0.279 e. The van der Waals surface area contributed by atoms with Crippen molar-refractivity contribution in [2.24, 2.45) is 0 Å². The van der Waals surface area contributed by atoms with E-state index in [1.165, 1.54) is 0 Å². The Morgan fingerprint density at radius 1 is 0.647 bits per heavy atom. The number of carbonyl (C=O) groups is 1. The first-order valence-electron chi connectivity index (χ1n) is 11.8. The Morgan fingerprint density at radius 3 is 1.47 bits per heavy atom. The fourth-order valence-electron chi connectivity index (χ4n) is 4.33. The minimum absolute atomic E-state index is 0.0906. The minimum Gasteiger partial charge on any atom is -0.279 e. The van der Waals surface area contributed by atoms with Crippen molar-refractivity contribution in [3.05, 3.63) is 127 Å². The fraction of sp³-hybridized carbons (Fsp3) is 0.125. The Hall–Kier alpha value is -3.59. The highest BCUT2D eigenvalue weighted by molar-refractivity contribution is 7.97. The molecule has 0 saturated carbocycles. The van der Waals surface area contributed by atoms with Gasteiger partial charge in [-0.25, -0.2) is 0 Å². The first-order chi connectivity index (χ1) is 16.8. The Bertz CT molecular complexity index is 1230. The zero-order valence-electron chi connectivity index (χ0n) is 19.5. The number of Topliss-reactive ketones (excluding diaryl/α,β-unsaturated/α-hetero) is 1. The van der Waals surface area contributed by atoms with Gasteiger partial charge in [-0.2, -0.15) is 0 Å². The van der Waals surface area contributed by atoms with Crippen LogP contribution in [0.5, 0.6) is 0 Å². The second kappa shape index (κ2) is 11.5. The molecule has 168 valence electrons. The molecule has 0 saturated heterocycles. The van der Waals surface area contributed by atoms with E-state index < -0.39 is 6.89 Å². The van der Waals surface area contributed by atoms with Gasteiger partial charge in [0.25, 0.3) is 0 Å². The molecule has 0 aliphatic heterocycles. The SMILES string of the molecule is CCCCC#CC(=O)C(c1ccccc1)=P(c1ccccc1)(c1ccccc1)c1ccccc1. The molecule has 0 heterocycles. The van der Waals surface area contributed by atoms with Crippen LogP contribution in [0.15, 0.2) is 121 Å². The van der Waals surface area contributed by atoms with Crippen LogP contribution >= 0.6 is 6.89 Å². The summed E-state index contributed by atoms with van der Waals surface area (Å²) in [5.41, 5.74) is 0.933. The highest BCUT2D eigenvalue weighted by atomic mass is 31.2. The van der Waals surface area contributed by atoms with E-state index in [2.05, 4.69) is 91.6 Å². The molecular formula is C32H29OP. The molecule has 0 spiro atoms. The molecule has 0 radical (unpaired) electrons. The summed E-state index contributed by atoms with van der Waals surface area (Å²) in [7, 11) is 0. The lowest BCUT2D eigenvalue weighted by molar-refractivity contribution is -0.107. The van der Waals surface area contributed by atoms with Crippen molar-refractivity contribution in [1.82, 2.24) is 0 Å². The molecule has 4 rings (SSSR count). The number of carbonyl (C=O) groups excluding carboxylic acids is 1. The summed E-state index contributed by atoms with van der Waals surface area (Å²) >= 11 is 0. The second-order valence-corrected chi connectivity index (χ2v) is 11.5. The lowest BCUT2D eigenvalue weighted by atomic mass is 10.1.